The Morgan fingerprint density at radius 1 is 1.04 bits per heavy atom. The molecular weight excluding hydrogens is 357 g/mol. The second kappa shape index (κ2) is 6.85. The summed E-state index contributed by atoms with van der Waals surface area (Å²) in [5.74, 6) is -0.492. The number of amides is 1. The van der Waals surface area contributed by atoms with Gasteiger partial charge in [0.1, 0.15) is 0 Å². The molecule has 134 valence electrons. The lowest BCUT2D eigenvalue weighted by atomic mass is 10.1. The van der Waals surface area contributed by atoms with Crippen LogP contribution in [-0.4, -0.2) is 14.3 Å². The van der Waals surface area contributed by atoms with Crippen LogP contribution in [0.2, 0.25) is 0 Å². The molecule has 0 saturated carbocycles. The second-order valence-electron chi connectivity index (χ2n) is 5.38. The van der Waals surface area contributed by atoms with Gasteiger partial charge in [-0.3, -0.25) is 4.79 Å². The summed E-state index contributed by atoms with van der Waals surface area (Å²) in [7, 11) is -3.85. The van der Waals surface area contributed by atoms with Crippen molar-refractivity contribution in [1.29, 1.82) is 0 Å². The molecule has 0 bridgehead atoms. The highest BCUT2D eigenvalue weighted by Crippen LogP contribution is 2.29. The van der Waals surface area contributed by atoms with Gasteiger partial charge in [0.15, 0.2) is 0 Å². The average Bonchev–Trinajstić information content (AvgIpc) is 2.53. The minimum Gasteiger partial charge on any atom is -0.346 e. The maximum absolute atomic E-state index is 12.5. The Morgan fingerprint density at radius 2 is 1.56 bits per heavy atom. The quantitative estimate of drug-likeness (QED) is 0.865. The summed E-state index contributed by atoms with van der Waals surface area (Å²) in [6, 6.07) is 8.93. The van der Waals surface area contributed by atoms with Crippen molar-refractivity contribution in [2.45, 2.75) is 24.0 Å². The SMILES string of the molecule is C[C@H](NC(=O)c1ccc(S(N)(=O)=O)cc1)c1ccc(C(F)(F)F)cc1. The van der Waals surface area contributed by atoms with Crippen LogP contribution in [0, 0.1) is 0 Å². The van der Waals surface area contributed by atoms with Gasteiger partial charge in [0.2, 0.25) is 10.0 Å². The van der Waals surface area contributed by atoms with Gasteiger partial charge in [-0.25, -0.2) is 13.6 Å². The maximum atomic E-state index is 12.5. The first-order valence-electron chi connectivity index (χ1n) is 7.09. The van der Waals surface area contributed by atoms with Crippen LogP contribution in [0.4, 0.5) is 13.2 Å². The molecule has 0 heterocycles. The van der Waals surface area contributed by atoms with Crippen LogP contribution in [0.1, 0.15) is 34.5 Å². The van der Waals surface area contributed by atoms with Crippen LogP contribution in [0.5, 0.6) is 0 Å². The molecule has 0 aliphatic rings. The molecule has 0 unspecified atom stereocenters. The van der Waals surface area contributed by atoms with E-state index in [1.807, 2.05) is 0 Å². The normalized spacial score (nSPS) is 13.3. The van der Waals surface area contributed by atoms with E-state index >= 15 is 0 Å². The van der Waals surface area contributed by atoms with Gasteiger partial charge in [-0.05, 0) is 48.9 Å². The van der Waals surface area contributed by atoms with E-state index in [-0.39, 0.29) is 10.5 Å². The summed E-state index contributed by atoms with van der Waals surface area (Å²) in [4.78, 5) is 12.0. The third-order valence-corrected chi connectivity index (χ3v) is 4.46. The molecule has 2 rings (SSSR count). The minimum absolute atomic E-state index is 0.125. The van der Waals surface area contributed by atoms with Crippen LogP contribution in [0.25, 0.3) is 0 Å². The lowest BCUT2D eigenvalue weighted by molar-refractivity contribution is -0.137. The Bertz CT molecular complexity index is 861. The smallest absolute Gasteiger partial charge is 0.346 e. The van der Waals surface area contributed by atoms with Crippen LogP contribution in [0.3, 0.4) is 0 Å². The fourth-order valence-corrected chi connectivity index (χ4v) is 2.64. The van der Waals surface area contributed by atoms with Gasteiger partial charge in [-0.2, -0.15) is 13.2 Å². The van der Waals surface area contributed by atoms with Crippen molar-refractivity contribution < 1.29 is 26.4 Å². The zero-order valence-electron chi connectivity index (χ0n) is 13.0. The predicted octanol–water partition coefficient (Wildman–Crippen LogP) is 2.84. The zero-order valence-corrected chi connectivity index (χ0v) is 13.9. The van der Waals surface area contributed by atoms with Crippen molar-refractivity contribution in [3.63, 3.8) is 0 Å². The number of rotatable bonds is 4. The van der Waals surface area contributed by atoms with Gasteiger partial charge in [0.05, 0.1) is 16.5 Å². The van der Waals surface area contributed by atoms with E-state index in [9.17, 15) is 26.4 Å². The highest BCUT2D eigenvalue weighted by atomic mass is 32.2. The molecule has 9 heteroatoms. The molecule has 0 aliphatic carbocycles. The van der Waals surface area contributed by atoms with Crippen LogP contribution in [0.15, 0.2) is 53.4 Å². The van der Waals surface area contributed by atoms with Crippen LogP contribution in [-0.2, 0) is 16.2 Å². The van der Waals surface area contributed by atoms with Gasteiger partial charge in [-0.1, -0.05) is 12.1 Å². The number of benzene rings is 2. The van der Waals surface area contributed by atoms with E-state index < -0.39 is 33.7 Å². The standard InChI is InChI=1S/C16H15F3N2O3S/c1-10(11-2-6-13(7-3-11)16(17,18)19)21-15(22)12-4-8-14(9-5-12)25(20,23)24/h2-10H,1H3,(H,21,22)(H2,20,23,24)/t10-/m0/s1. The number of nitrogens with two attached hydrogens (primary N) is 1. The summed E-state index contributed by atoms with van der Waals surface area (Å²) in [5, 5.41) is 7.60. The van der Waals surface area contributed by atoms with Crippen molar-refractivity contribution in [2.75, 3.05) is 0 Å². The zero-order chi connectivity index (χ0) is 18.8. The summed E-state index contributed by atoms with van der Waals surface area (Å²) in [6.07, 6.45) is -4.42. The van der Waals surface area contributed by atoms with E-state index in [1.54, 1.807) is 6.92 Å². The maximum Gasteiger partial charge on any atom is 0.416 e. The fourth-order valence-electron chi connectivity index (χ4n) is 2.12. The molecule has 1 amide bonds. The van der Waals surface area contributed by atoms with E-state index in [2.05, 4.69) is 5.32 Å². The molecule has 0 aromatic heterocycles. The largest absolute Gasteiger partial charge is 0.416 e. The number of carbonyl (C=O) groups excluding carboxylic acids is 1. The minimum atomic E-state index is -4.42. The van der Waals surface area contributed by atoms with Crippen molar-refractivity contribution in [2.24, 2.45) is 5.14 Å². The van der Waals surface area contributed by atoms with E-state index in [0.717, 1.165) is 12.1 Å². The molecule has 0 fully saturated rings. The highest BCUT2D eigenvalue weighted by molar-refractivity contribution is 7.89. The third-order valence-electron chi connectivity index (χ3n) is 3.53. The lowest BCUT2D eigenvalue weighted by Gasteiger charge is -2.15. The molecule has 2 aromatic rings. The molecule has 1 atom stereocenters. The topological polar surface area (TPSA) is 89.3 Å². The Morgan fingerprint density at radius 3 is 2.00 bits per heavy atom. The molecule has 2 aromatic carbocycles. The summed E-state index contributed by atoms with van der Waals surface area (Å²) in [6.45, 7) is 1.62. The van der Waals surface area contributed by atoms with Gasteiger partial charge in [-0.15, -0.1) is 0 Å². The molecule has 0 saturated heterocycles. The van der Waals surface area contributed by atoms with Crippen molar-refractivity contribution in [3.05, 3.63) is 65.2 Å². The molecular formula is C16H15F3N2O3S. The van der Waals surface area contributed by atoms with Crippen molar-refractivity contribution in [3.8, 4) is 0 Å². The van der Waals surface area contributed by atoms with Crippen molar-refractivity contribution >= 4 is 15.9 Å². The Balaban J connectivity index is 2.09. The van der Waals surface area contributed by atoms with Crippen LogP contribution < -0.4 is 10.5 Å². The van der Waals surface area contributed by atoms with Crippen LogP contribution >= 0.6 is 0 Å². The number of hydrogen-bond donors (Lipinski definition) is 2. The number of sulfonamides is 1. The van der Waals surface area contributed by atoms with Gasteiger partial charge in [0.25, 0.3) is 5.91 Å². The number of halogens is 3. The molecule has 5 nitrogen and oxygen atoms in total. The Hall–Kier alpha value is -2.39. The second-order valence-corrected chi connectivity index (χ2v) is 6.95. The number of alkyl halides is 3. The van der Waals surface area contributed by atoms with Gasteiger partial charge >= 0.3 is 6.18 Å². The molecule has 0 aliphatic heterocycles. The molecule has 0 radical (unpaired) electrons. The summed E-state index contributed by atoms with van der Waals surface area (Å²) >= 11 is 0. The average molecular weight is 372 g/mol. The number of hydrogen-bond acceptors (Lipinski definition) is 3. The first-order valence-corrected chi connectivity index (χ1v) is 8.64. The Labute approximate surface area is 142 Å². The third kappa shape index (κ3) is 4.80. The fraction of sp³-hybridized carbons (Fsp3) is 0.188. The molecule has 3 N–H and O–H groups in total. The van der Waals surface area contributed by atoms with E-state index in [4.69, 9.17) is 5.14 Å². The van der Waals surface area contributed by atoms with Gasteiger partial charge < -0.3 is 5.32 Å². The predicted molar refractivity (Wildman–Crippen MR) is 85.1 cm³/mol. The first-order chi connectivity index (χ1) is 11.5. The summed E-state index contributed by atoms with van der Waals surface area (Å²) < 4.78 is 60.0. The number of primary sulfonamides is 1. The number of nitrogens with one attached hydrogen (secondary N) is 1. The first kappa shape index (κ1) is 18.9. The van der Waals surface area contributed by atoms with E-state index in [1.165, 1.54) is 36.4 Å². The van der Waals surface area contributed by atoms with Gasteiger partial charge in [0, 0.05) is 5.56 Å². The summed E-state index contributed by atoms with van der Waals surface area (Å²) in [5.41, 5.74) is -0.0676. The van der Waals surface area contributed by atoms with E-state index in [0.29, 0.717) is 5.56 Å². The molecule has 25 heavy (non-hydrogen) atoms. The van der Waals surface area contributed by atoms with Crippen molar-refractivity contribution in [1.82, 2.24) is 5.32 Å². The highest BCUT2D eigenvalue weighted by Gasteiger charge is 2.30. The monoisotopic (exact) mass is 372 g/mol. The molecule has 0 spiro atoms. The lowest BCUT2D eigenvalue weighted by Crippen LogP contribution is -2.26. The Kier molecular flexibility index (Phi) is 5.19. The number of carbonyl (C=O) groups is 1.